The molecule has 0 bridgehead atoms. The molecule has 0 aromatic heterocycles. The minimum Gasteiger partial charge on any atom is -0.379 e. The van der Waals surface area contributed by atoms with Gasteiger partial charge in [0.15, 0.2) is 0 Å². The Morgan fingerprint density at radius 3 is 2.43 bits per heavy atom. The molecule has 84 valence electrons. The third-order valence-corrected chi connectivity index (χ3v) is 3.32. The monoisotopic (exact) mass is 199 g/mol. The van der Waals surface area contributed by atoms with Crippen molar-refractivity contribution >= 4 is 0 Å². The van der Waals surface area contributed by atoms with Gasteiger partial charge in [-0.3, -0.25) is 0 Å². The van der Waals surface area contributed by atoms with Crippen LogP contribution in [0, 0.1) is 0 Å². The number of hydrogen-bond acceptors (Lipinski definition) is 2. The fourth-order valence-electron chi connectivity index (χ4n) is 1.99. The molecular weight excluding hydrogens is 174 g/mol. The van der Waals surface area contributed by atoms with Gasteiger partial charge >= 0.3 is 0 Å². The van der Waals surface area contributed by atoms with E-state index in [-0.39, 0.29) is 5.60 Å². The summed E-state index contributed by atoms with van der Waals surface area (Å²) in [5, 5.41) is 3.63. The summed E-state index contributed by atoms with van der Waals surface area (Å²) in [7, 11) is 1.79. The fourth-order valence-corrected chi connectivity index (χ4v) is 1.99. The van der Waals surface area contributed by atoms with E-state index in [4.69, 9.17) is 4.74 Å². The smallest absolute Gasteiger partial charge is 0.0634 e. The highest BCUT2D eigenvalue weighted by Crippen LogP contribution is 2.18. The summed E-state index contributed by atoms with van der Waals surface area (Å²) in [4.78, 5) is 0. The van der Waals surface area contributed by atoms with Gasteiger partial charge in [-0.25, -0.2) is 0 Å². The molecule has 1 aliphatic rings. The second-order valence-corrected chi connectivity index (χ2v) is 5.00. The van der Waals surface area contributed by atoms with Crippen LogP contribution in [0.2, 0.25) is 0 Å². The van der Waals surface area contributed by atoms with Crippen molar-refractivity contribution in [3.63, 3.8) is 0 Å². The maximum absolute atomic E-state index is 5.39. The summed E-state index contributed by atoms with van der Waals surface area (Å²) in [6, 6.07) is 0.774. The van der Waals surface area contributed by atoms with Gasteiger partial charge in [0.2, 0.25) is 0 Å². The maximum atomic E-state index is 5.39. The molecule has 0 spiro atoms. The van der Waals surface area contributed by atoms with Gasteiger partial charge in [0, 0.05) is 13.2 Å². The van der Waals surface area contributed by atoms with Gasteiger partial charge in [-0.15, -0.1) is 0 Å². The maximum Gasteiger partial charge on any atom is 0.0634 e. The largest absolute Gasteiger partial charge is 0.379 e. The highest BCUT2D eigenvalue weighted by atomic mass is 16.5. The Balaban J connectivity index is 2.08. The lowest BCUT2D eigenvalue weighted by atomic mass is 9.95. The predicted molar refractivity (Wildman–Crippen MR) is 60.6 cm³/mol. The molecule has 0 amide bonds. The van der Waals surface area contributed by atoms with E-state index in [1.807, 2.05) is 0 Å². The molecule has 0 radical (unpaired) electrons. The number of rotatable bonds is 5. The first kappa shape index (κ1) is 12.0. The van der Waals surface area contributed by atoms with Gasteiger partial charge in [-0.1, -0.05) is 19.3 Å². The zero-order valence-corrected chi connectivity index (χ0v) is 9.94. The third kappa shape index (κ3) is 4.43. The molecule has 2 heteroatoms. The van der Waals surface area contributed by atoms with E-state index in [1.165, 1.54) is 32.1 Å². The topological polar surface area (TPSA) is 21.3 Å². The lowest BCUT2D eigenvalue weighted by molar-refractivity contribution is 0.0151. The molecule has 14 heavy (non-hydrogen) atoms. The Morgan fingerprint density at radius 2 is 1.86 bits per heavy atom. The van der Waals surface area contributed by atoms with Crippen LogP contribution in [0.15, 0.2) is 0 Å². The SMILES string of the molecule is COC(C)(C)CCNC1CCCCC1. The molecule has 0 atom stereocenters. The number of ether oxygens (including phenoxy) is 1. The molecule has 1 saturated carbocycles. The first-order valence-corrected chi connectivity index (χ1v) is 5.92. The van der Waals surface area contributed by atoms with Crippen molar-refractivity contribution in [2.24, 2.45) is 0 Å². The second-order valence-electron chi connectivity index (χ2n) is 5.00. The van der Waals surface area contributed by atoms with E-state index in [9.17, 15) is 0 Å². The van der Waals surface area contributed by atoms with Crippen LogP contribution in [0.3, 0.4) is 0 Å². The highest BCUT2D eigenvalue weighted by Gasteiger charge is 2.17. The molecule has 0 aromatic carbocycles. The Kier molecular flexibility index (Phi) is 4.90. The van der Waals surface area contributed by atoms with Crippen LogP contribution in [0.5, 0.6) is 0 Å². The Hall–Kier alpha value is -0.0800. The van der Waals surface area contributed by atoms with Crippen molar-refractivity contribution in [1.29, 1.82) is 0 Å². The molecule has 0 unspecified atom stereocenters. The molecular formula is C12H25NO. The average Bonchev–Trinajstić information content (AvgIpc) is 2.19. The summed E-state index contributed by atoms with van der Waals surface area (Å²) < 4.78 is 5.39. The first-order chi connectivity index (χ1) is 6.64. The number of methoxy groups -OCH3 is 1. The lowest BCUT2D eigenvalue weighted by Crippen LogP contribution is -2.35. The summed E-state index contributed by atoms with van der Waals surface area (Å²) in [6.45, 7) is 5.39. The van der Waals surface area contributed by atoms with Crippen LogP contribution in [0.4, 0.5) is 0 Å². The van der Waals surface area contributed by atoms with Crippen LogP contribution in [-0.4, -0.2) is 25.3 Å². The van der Waals surface area contributed by atoms with Crippen LogP contribution in [-0.2, 0) is 4.74 Å². The van der Waals surface area contributed by atoms with E-state index in [0.717, 1.165) is 19.0 Å². The summed E-state index contributed by atoms with van der Waals surface area (Å²) in [6.07, 6.45) is 8.08. The second kappa shape index (κ2) is 5.72. The fraction of sp³-hybridized carbons (Fsp3) is 1.00. The summed E-state index contributed by atoms with van der Waals surface area (Å²) in [5.41, 5.74) is 0.0294. The quantitative estimate of drug-likeness (QED) is 0.735. The van der Waals surface area contributed by atoms with Gasteiger partial charge in [-0.2, -0.15) is 0 Å². The molecule has 2 nitrogen and oxygen atoms in total. The lowest BCUT2D eigenvalue weighted by Gasteiger charge is -2.27. The van der Waals surface area contributed by atoms with E-state index in [2.05, 4.69) is 19.2 Å². The average molecular weight is 199 g/mol. The number of nitrogens with one attached hydrogen (secondary N) is 1. The zero-order valence-electron chi connectivity index (χ0n) is 9.94. The minimum atomic E-state index is 0.0294. The molecule has 1 aliphatic carbocycles. The van der Waals surface area contributed by atoms with Crippen LogP contribution in [0.1, 0.15) is 52.4 Å². The zero-order chi connectivity index (χ0) is 10.4. The number of hydrogen-bond donors (Lipinski definition) is 1. The van der Waals surface area contributed by atoms with Crippen molar-refractivity contribution in [2.45, 2.75) is 64.0 Å². The summed E-state index contributed by atoms with van der Waals surface area (Å²) >= 11 is 0. The van der Waals surface area contributed by atoms with Crippen LogP contribution < -0.4 is 5.32 Å². The first-order valence-electron chi connectivity index (χ1n) is 5.92. The Labute approximate surface area is 88.4 Å². The van der Waals surface area contributed by atoms with Gasteiger partial charge in [0.1, 0.15) is 0 Å². The van der Waals surface area contributed by atoms with Gasteiger partial charge in [0.25, 0.3) is 0 Å². The van der Waals surface area contributed by atoms with E-state index >= 15 is 0 Å². The van der Waals surface area contributed by atoms with Crippen molar-refractivity contribution < 1.29 is 4.74 Å². The molecule has 0 aromatic rings. The van der Waals surface area contributed by atoms with Crippen LogP contribution in [0.25, 0.3) is 0 Å². The van der Waals surface area contributed by atoms with Crippen LogP contribution >= 0.6 is 0 Å². The van der Waals surface area contributed by atoms with Gasteiger partial charge in [-0.05, 0) is 39.7 Å². The Morgan fingerprint density at radius 1 is 1.21 bits per heavy atom. The molecule has 0 heterocycles. The van der Waals surface area contributed by atoms with E-state index in [1.54, 1.807) is 7.11 Å². The molecule has 0 saturated heterocycles. The van der Waals surface area contributed by atoms with E-state index in [0.29, 0.717) is 0 Å². The molecule has 1 rings (SSSR count). The van der Waals surface area contributed by atoms with Crippen molar-refractivity contribution in [3.05, 3.63) is 0 Å². The molecule has 1 N–H and O–H groups in total. The normalized spacial score (nSPS) is 19.9. The van der Waals surface area contributed by atoms with Crippen molar-refractivity contribution in [3.8, 4) is 0 Å². The third-order valence-electron chi connectivity index (χ3n) is 3.32. The van der Waals surface area contributed by atoms with Gasteiger partial charge < -0.3 is 10.1 Å². The summed E-state index contributed by atoms with van der Waals surface area (Å²) in [5.74, 6) is 0. The van der Waals surface area contributed by atoms with Crippen molar-refractivity contribution in [1.82, 2.24) is 5.32 Å². The molecule has 0 aliphatic heterocycles. The standard InChI is InChI=1S/C12H25NO/c1-12(2,14-3)9-10-13-11-7-5-4-6-8-11/h11,13H,4-10H2,1-3H3. The minimum absolute atomic E-state index is 0.0294. The molecule has 1 fully saturated rings. The highest BCUT2D eigenvalue weighted by molar-refractivity contribution is 4.75. The Bertz CT molecular complexity index is 150. The van der Waals surface area contributed by atoms with Gasteiger partial charge in [0.05, 0.1) is 5.60 Å². The van der Waals surface area contributed by atoms with E-state index < -0.39 is 0 Å². The van der Waals surface area contributed by atoms with Crippen molar-refractivity contribution in [2.75, 3.05) is 13.7 Å². The predicted octanol–water partition coefficient (Wildman–Crippen LogP) is 2.72.